The first kappa shape index (κ1) is 13.9. The predicted octanol–water partition coefficient (Wildman–Crippen LogP) is -0.503. The highest BCUT2D eigenvalue weighted by Crippen LogP contribution is 2.26. The van der Waals surface area contributed by atoms with E-state index in [1.165, 1.54) is 0 Å². The summed E-state index contributed by atoms with van der Waals surface area (Å²) < 4.78 is 10.7. The Balaban J connectivity index is 2.74. The molecule has 1 aliphatic rings. The summed E-state index contributed by atoms with van der Waals surface area (Å²) in [5, 5.41) is 19.2. The molecule has 16 heavy (non-hydrogen) atoms. The summed E-state index contributed by atoms with van der Waals surface area (Å²) in [6.45, 7) is 2.31. The largest absolute Gasteiger partial charge is 0.394 e. The Labute approximate surface area is 96.5 Å². The maximum absolute atomic E-state index is 9.93. The fourth-order valence-corrected chi connectivity index (χ4v) is 2.23. The molecule has 0 aromatic carbocycles. The molecular formula is C11H23NO4. The second kappa shape index (κ2) is 6.51. The molecular weight excluding hydrogens is 210 g/mol. The molecule has 0 saturated carbocycles. The molecule has 0 bridgehead atoms. The van der Waals surface area contributed by atoms with Crippen molar-refractivity contribution in [3.8, 4) is 0 Å². The van der Waals surface area contributed by atoms with Gasteiger partial charge in [-0.1, -0.05) is 13.3 Å². The number of aliphatic hydroxyl groups excluding tert-OH is 2. The molecule has 0 aliphatic carbocycles. The number of rotatable bonds is 4. The van der Waals surface area contributed by atoms with Crippen LogP contribution < -0.4 is 5.73 Å². The minimum absolute atomic E-state index is 0.0435. The van der Waals surface area contributed by atoms with Crippen LogP contribution in [0.25, 0.3) is 0 Å². The third kappa shape index (κ3) is 3.15. The highest BCUT2D eigenvalue weighted by molar-refractivity contribution is 4.89. The van der Waals surface area contributed by atoms with E-state index in [0.717, 1.165) is 6.42 Å². The summed E-state index contributed by atoms with van der Waals surface area (Å²) >= 11 is 0. The molecule has 4 N–H and O–H groups in total. The van der Waals surface area contributed by atoms with Crippen LogP contribution in [0.2, 0.25) is 0 Å². The van der Waals surface area contributed by atoms with Gasteiger partial charge in [0.25, 0.3) is 0 Å². The number of aliphatic hydroxyl groups is 2. The van der Waals surface area contributed by atoms with Crippen LogP contribution in [0.1, 0.15) is 19.8 Å². The van der Waals surface area contributed by atoms with Gasteiger partial charge in [-0.3, -0.25) is 0 Å². The minimum atomic E-state index is -0.596. The Bertz CT molecular complexity index is 202. The normalized spacial score (nSPS) is 40.7. The van der Waals surface area contributed by atoms with Crippen molar-refractivity contribution in [3.05, 3.63) is 0 Å². The van der Waals surface area contributed by atoms with Crippen LogP contribution in [-0.4, -0.2) is 54.9 Å². The van der Waals surface area contributed by atoms with Gasteiger partial charge in [-0.05, 0) is 12.3 Å². The van der Waals surface area contributed by atoms with Crippen molar-refractivity contribution >= 4 is 0 Å². The number of hydrogen-bond acceptors (Lipinski definition) is 5. The zero-order valence-corrected chi connectivity index (χ0v) is 10.0. The van der Waals surface area contributed by atoms with E-state index in [1.54, 1.807) is 7.11 Å². The van der Waals surface area contributed by atoms with E-state index in [-0.39, 0.29) is 24.7 Å². The molecule has 5 nitrogen and oxygen atoms in total. The molecule has 0 amide bonds. The maximum atomic E-state index is 9.93. The average molecular weight is 233 g/mol. The van der Waals surface area contributed by atoms with Gasteiger partial charge in [0.2, 0.25) is 0 Å². The fraction of sp³-hybridized carbons (Fsp3) is 1.00. The van der Waals surface area contributed by atoms with E-state index in [4.69, 9.17) is 15.2 Å². The van der Waals surface area contributed by atoms with Crippen molar-refractivity contribution in [2.45, 2.75) is 44.1 Å². The standard InChI is InChI=1S/C11H23NO4/c1-3-7-4-8(14)11(12)10(6-15-2)16-9(7)5-13/h7-11,13-14H,3-6,12H2,1-2H3. The summed E-state index contributed by atoms with van der Waals surface area (Å²) in [4.78, 5) is 0. The molecule has 1 heterocycles. The molecule has 5 heteroatoms. The van der Waals surface area contributed by atoms with Crippen LogP contribution >= 0.6 is 0 Å². The van der Waals surface area contributed by atoms with Crippen molar-refractivity contribution in [3.63, 3.8) is 0 Å². The number of methoxy groups -OCH3 is 1. The Hall–Kier alpha value is -0.200. The molecule has 1 saturated heterocycles. The quantitative estimate of drug-likeness (QED) is 0.609. The molecule has 0 radical (unpaired) electrons. The van der Waals surface area contributed by atoms with Gasteiger partial charge in [0.1, 0.15) is 0 Å². The van der Waals surface area contributed by atoms with E-state index in [2.05, 4.69) is 0 Å². The van der Waals surface area contributed by atoms with Gasteiger partial charge in [-0.2, -0.15) is 0 Å². The fourth-order valence-electron chi connectivity index (χ4n) is 2.23. The van der Waals surface area contributed by atoms with Crippen LogP contribution in [0, 0.1) is 5.92 Å². The molecule has 5 atom stereocenters. The van der Waals surface area contributed by atoms with Gasteiger partial charge >= 0.3 is 0 Å². The van der Waals surface area contributed by atoms with Gasteiger partial charge in [0.05, 0.1) is 37.6 Å². The number of ether oxygens (including phenoxy) is 2. The van der Waals surface area contributed by atoms with Crippen LogP contribution in [0.15, 0.2) is 0 Å². The van der Waals surface area contributed by atoms with Crippen LogP contribution in [-0.2, 0) is 9.47 Å². The maximum Gasteiger partial charge on any atom is 0.0989 e. The minimum Gasteiger partial charge on any atom is -0.394 e. The Morgan fingerprint density at radius 1 is 1.44 bits per heavy atom. The van der Waals surface area contributed by atoms with E-state index in [9.17, 15) is 10.2 Å². The lowest BCUT2D eigenvalue weighted by molar-refractivity contribution is -0.0893. The highest BCUT2D eigenvalue weighted by atomic mass is 16.5. The lowest BCUT2D eigenvalue weighted by Gasteiger charge is -2.26. The van der Waals surface area contributed by atoms with E-state index < -0.39 is 12.1 Å². The van der Waals surface area contributed by atoms with Gasteiger partial charge in [0, 0.05) is 7.11 Å². The lowest BCUT2D eigenvalue weighted by atomic mass is 9.91. The number of hydrogen-bond donors (Lipinski definition) is 3. The Morgan fingerprint density at radius 2 is 2.12 bits per heavy atom. The monoisotopic (exact) mass is 233 g/mol. The van der Waals surface area contributed by atoms with Gasteiger partial charge in [-0.15, -0.1) is 0 Å². The summed E-state index contributed by atoms with van der Waals surface area (Å²) in [5.41, 5.74) is 5.91. The molecule has 96 valence electrons. The first-order valence-corrected chi connectivity index (χ1v) is 5.82. The molecule has 5 unspecified atom stereocenters. The van der Waals surface area contributed by atoms with E-state index in [1.807, 2.05) is 6.92 Å². The van der Waals surface area contributed by atoms with E-state index in [0.29, 0.717) is 13.0 Å². The zero-order valence-electron chi connectivity index (χ0n) is 10.0. The SMILES string of the molecule is CCC1CC(O)C(N)C(COC)OC1CO. The summed E-state index contributed by atoms with van der Waals surface area (Å²) in [6.07, 6.45) is 0.223. The lowest BCUT2D eigenvalue weighted by Crippen LogP contribution is -2.47. The van der Waals surface area contributed by atoms with Gasteiger partial charge in [-0.25, -0.2) is 0 Å². The van der Waals surface area contributed by atoms with Crippen molar-refractivity contribution in [1.29, 1.82) is 0 Å². The Morgan fingerprint density at radius 3 is 2.62 bits per heavy atom. The van der Waals surface area contributed by atoms with E-state index >= 15 is 0 Å². The summed E-state index contributed by atoms with van der Waals surface area (Å²) in [7, 11) is 1.57. The Kier molecular flexibility index (Phi) is 5.64. The topological polar surface area (TPSA) is 84.9 Å². The smallest absolute Gasteiger partial charge is 0.0989 e. The zero-order chi connectivity index (χ0) is 12.1. The second-order valence-electron chi connectivity index (χ2n) is 4.40. The third-order valence-electron chi connectivity index (χ3n) is 3.33. The van der Waals surface area contributed by atoms with Crippen LogP contribution in [0.3, 0.4) is 0 Å². The second-order valence-corrected chi connectivity index (χ2v) is 4.40. The number of nitrogens with two attached hydrogens (primary N) is 1. The van der Waals surface area contributed by atoms with Crippen molar-refractivity contribution in [2.24, 2.45) is 11.7 Å². The first-order chi connectivity index (χ1) is 7.63. The van der Waals surface area contributed by atoms with Crippen LogP contribution in [0.4, 0.5) is 0 Å². The average Bonchev–Trinajstić information content (AvgIpc) is 2.40. The molecule has 1 rings (SSSR count). The molecule has 1 fully saturated rings. The molecule has 0 aromatic rings. The van der Waals surface area contributed by atoms with Crippen molar-refractivity contribution in [2.75, 3.05) is 20.3 Å². The molecule has 0 spiro atoms. The van der Waals surface area contributed by atoms with Crippen LogP contribution in [0.5, 0.6) is 0 Å². The van der Waals surface area contributed by atoms with Gasteiger partial charge in [0.15, 0.2) is 0 Å². The van der Waals surface area contributed by atoms with Crippen molar-refractivity contribution in [1.82, 2.24) is 0 Å². The predicted molar refractivity (Wildman–Crippen MR) is 60.0 cm³/mol. The third-order valence-corrected chi connectivity index (χ3v) is 3.33. The van der Waals surface area contributed by atoms with Gasteiger partial charge < -0.3 is 25.4 Å². The summed E-state index contributed by atoms with van der Waals surface area (Å²) in [6, 6.07) is -0.453. The molecule has 0 aromatic heterocycles. The first-order valence-electron chi connectivity index (χ1n) is 5.82. The summed E-state index contributed by atoms with van der Waals surface area (Å²) in [5.74, 6) is 0.146. The highest BCUT2D eigenvalue weighted by Gasteiger charge is 2.36. The molecule has 1 aliphatic heterocycles. The van der Waals surface area contributed by atoms with Crippen molar-refractivity contribution < 1.29 is 19.7 Å².